The van der Waals surface area contributed by atoms with Gasteiger partial charge in [0, 0.05) is 24.8 Å². The number of hydrogen-bond acceptors (Lipinski definition) is 6. The van der Waals surface area contributed by atoms with Gasteiger partial charge >= 0.3 is 18.0 Å². The minimum absolute atomic E-state index is 0. The summed E-state index contributed by atoms with van der Waals surface area (Å²) >= 11 is 0. The van der Waals surface area contributed by atoms with Crippen LogP contribution < -0.4 is 20.7 Å². The number of carbonyl (C=O) groups is 4. The molecule has 1 aliphatic heterocycles. The number of imide groups is 1. The highest BCUT2D eigenvalue weighted by Gasteiger charge is 2.53. The van der Waals surface area contributed by atoms with Crippen LogP contribution in [0.25, 0.3) is 0 Å². The number of para-hydroxylation sites is 1. The Bertz CT molecular complexity index is 1320. The number of nitrogens with zero attached hydrogens (tertiary/aromatic N) is 2. The quantitative estimate of drug-likeness (QED) is 0.218. The monoisotopic (exact) mass is 617 g/mol. The van der Waals surface area contributed by atoms with Gasteiger partial charge in [-0.3, -0.25) is 14.5 Å². The van der Waals surface area contributed by atoms with Crippen LogP contribution in [0.5, 0.6) is 5.75 Å². The lowest BCUT2D eigenvalue weighted by Gasteiger charge is -2.29. The van der Waals surface area contributed by atoms with Crippen molar-refractivity contribution < 1.29 is 29.0 Å². The van der Waals surface area contributed by atoms with E-state index in [4.69, 9.17) is 9.84 Å². The summed E-state index contributed by atoms with van der Waals surface area (Å²) in [7, 11) is 1.49. The van der Waals surface area contributed by atoms with Crippen LogP contribution in [0.2, 0.25) is 0 Å². The topological polar surface area (TPSA) is 140 Å². The van der Waals surface area contributed by atoms with Crippen molar-refractivity contribution in [3.05, 3.63) is 53.6 Å². The lowest BCUT2D eigenvalue weighted by Crippen LogP contribution is -2.49. The highest BCUT2D eigenvalue weighted by molar-refractivity contribution is 6.07. The predicted octanol–water partition coefficient (Wildman–Crippen LogP) is 5.48. The summed E-state index contributed by atoms with van der Waals surface area (Å²) in [4.78, 5) is 54.0. The lowest BCUT2D eigenvalue weighted by molar-refractivity contribution is -0.137. The van der Waals surface area contributed by atoms with E-state index in [9.17, 15) is 19.2 Å². The summed E-state index contributed by atoms with van der Waals surface area (Å²) in [6.45, 7) is 11.6. The summed E-state index contributed by atoms with van der Waals surface area (Å²) in [5.41, 5.74) is 1.70. The van der Waals surface area contributed by atoms with Crippen molar-refractivity contribution in [1.82, 2.24) is 15.1 Å². The number of carboxylic acid groups (broad SMARTS) is 1. The van der Waals surface area contributed by atoms with Crippen LogP contribution in [0.15, 0.2) is 42.5 Å². The van der Waals surface area contributed by atoms with E-state index in [1.807, 2.05) is 45.0 Å². The summed E-state index contributed by atoms with van der Waals surface area (Å²) in [5, 5.41) is 17.9. The fourth-order valence-corrected chi connectivity index (χ4v) is 5.06. The Labute approximate surface area is 259 Å². The molecule has 1 fully saturated rings. The third kappa shape index (κ3) is 8.84. The van der Waals surface area contributed by atoms with Crippen LogP contribution in [0.4, 0.5) is 21.0 Å². The van der Waals surface area contributed by atoms with Crippen molar-refractivity contribution in [2.45, 2.75) is 78.6 Å². The fourth-order valence-electron chi connectivity index (χ4n) is 5.06. The van der Waals surface area contributed by atoms with Crippen molar-refractivity contribution in [2.24, 2.45) is 5.92 Å². The maximum Gasteiger partial charge on any atom is 0.328 e. The summed E-state index contributed by atoms with van der Waals surface area (Å²) in [6, 6.07) is 11.1. The van der Waals surface area contributed by atoms with Gasteiger partial charge in [0.2, 0.25) is 0 Å². The van der Waals surface area contributed by atoms with Gasteiger partial charge in [0.15, 0.2) is 0 Å². The third-order valence-corrected chi connectivity index (χ3v) is 7.39. The van der Waals surface area contributed by atoms with Gasteiger partial charge in [-0.25, -0.2) is 9.59 Å². The first-order valence-corrected chi connectivity index (χ1v) is 14.2. The molecule has 0 aliphatic carbocycles. The minimum atomic E-state index is -1.10. The molecule has 0 bridgehead atoms. The number of methoxy groups -OCH3 is 1. The molecule has 1 aliphatic rings. The number of amides is 5. The molecule has 43 heavy (non-hydrogen) atoms. The van der Waals surface area contributed by atoms with Gasteiger partial charge in [-0.05, 0) is 69.4 Å². The molecule has 3 rings (SSSR count). The molecule has 4 N–H and O–H groups in total. The first-order valence-electron chi connectivity index (χ1n) is 14.2. The molecule has 1 heterocycles. The van der Waals surface area contributed by atoms with Crippen molar-refractivity contribution >= 4 is 47.7 Å². The molecule has 236 valence electrons. The van der Waals surface area contributed by atoms with Crippen LogP contribution >= 0.6 is 12.4 Å². The van der Waals surface area contributed by atoms with E-state index in [1.165, 1.54) is 16.9 Å². The van der Waals surface area contributed by atoms with E-state index in [0.29, 0.717) is 30.1 Å². The van der Waals surface area contributed by atoms with Crippen LogP contribution in [0, 0.1) is 12.8 Å². The lowest BCUT2D eigenvalue weighted by atomic mass is 9.99. The second-order valence-electron chi connectivity index (χ2n) is 11.7. The zero-order chi connectivity index (χ0) is 31.2. The van der Waals surface area contributed by atoms with Gasteiger partial charge in [0.25, 0.3) is 5.91 Å². The van der Waals surface area contributed by atoms with Crippen LogP contribution in [0.3, 0.4) is 0 Å². The number of rotatable bonds is 13. The number of aryl methyl sites for hydroxylation is 1. The van der Waals surface area contributed by atoms with E-state index in [2.05, 4.69) is 16.0 Å². The molecule has 2 aromatic rings. The Morgan fingerprint density at radius 1 is 1.02 bits per heavy atom. The number of urea groups is 2. The second-order valence-corrected chi connectivity index (χ2v) is 11.7. The largest absolute Gasteiger partial charge is 0.495 e. The molecule has 5 amide bonds. The number of nitrogens with one attached hydrogen (secondary N) is 3. The number of carboxylic acids is 1. The summed E-state index contributed by atoms with van der Waals surface area (Å²) in [6.07, 6.45) is 0.515. The van der Waals surface area contributed by atoms with Gasteiger partial charge in [0.05, 0.1) is 25.3 Å². The Morgan fingerprint density at radius 3 is 2.28 bits per heavy atom. The Hall–Kier alpha value is -3.83. The molecule has 11 nitrogen and oxygen atoms in total. The molecular weight excluding hydrogens is 574 g/mol. The zero-order valence-electron chi connectivity index (χ0n) is 25.9. The third-order valence-electron chi connectivity index (χ3n) is 7.39. The average molecular weight is 618 g/mol. The highest BCUT2D eigenvalue weighted by atomic mass is 35.5. The van der Waals surface area contributed by atoms with E-state index in [1.54, 1.807) is 39.0 Å². The van der Waals surface area contributed by atoms with Gasteiger partial charge in [-0.1, -0.05) is 38.1 Å². The van der Waals surface area contributed by atoms with Crippen LogP contribution in [-0.4, -0.2) is 70.1 Å². The maximum absolute atomic E-state index is 13.8. The smallest absolute Gasteiger partial charge is 0.328 e. The van der Waals surface area contributed by atoms with Crippen LogP contribution in [0.1, 0.15) is 58.6 Å². The number of ether oxygens (including phenoxy) is 1. The molecular formula is C31H44ClN5O6. The number of carbonyl (C=O) groups excluding carboxylic acids is 3. The van der Waals surface area contributed by atoms with Crippen molar-refractivity contribution in [1.29, 1.82) is 0 Å². The molecule has 2 atom stereocenters. The molecule has 0 saturated carbocycles. The fraction of sp³-hybridized carbons (Fsp3) is 0.484. The predicted molar refractivity (Wildman–Crippen MR) is 169 cm³/mol. The molecule has 0 unspecified atom stereocenters. The van der Waals surface area contributed by atoms with Gasteiger partial charge < -0.3 is 30.7 Å². The molecule has 12 heteroatoms. The standard InChI is InChI=1S/C31H43N5O6.ClH/c1-19(2)14-23(17-32-21(4)15-27(37)38)36-28(39)31(5,6)35(30(36)41)18-22-12-13-25(26(16-22)42-7)34-29(40)33-24-11-9-8-10-20(24)3;/h8-13,16,19,21,23,32H,14-15,17-18H2,1-7H3,(H,37,38)(H2,33,34,40);1H/t21-,23-;/m1./s1. The second kappa shape index (κ2) is 15.1. The van der Waals surface area contributed by atoms with E-state index in [0.717, 1.165) is 11.1 Å². The van der Waals surface area contributed by atoms with Gasteiger partial charge in [-0.15, -0.1) is 12.4 Å². The molecule has 0 aromatic heterocycles. The van der Waals surface area contributed by atoms with E-state index >= 15 is 0 Å². The zero-order valence-corrected chi connectivity index (χ0v) is 26.7. The molecule has 1 saturated heterocycles. The number of halogens is 1. The molecule has 0 spiro atoms. The number of anilines is 2. The Balaban J connectivity index is 0.00000645. The van der Waals surface area contributed by atoms with Crippen LogP contribution in [-0.2, 0) is 16.1 Å². The highest BCUT2D eigenvalue weighted by Crippen LogP contribution is 2.34. The van der Waals surface area contributed by atoms with Crippen molar-refractivity contribution in [3.8, 4) is 5.75 Å². The molecule has 0 radical (unpaired) electrons. The summed E-state index contributed by atoms with van der Waals surface area (Å²) in [5.74, 6) is -0.602. The minimum Gasteiger partial charge on any atom is -0.495 e. The normalized spacial score (nSPS) is 15.6. The van der Waals surface area contributed by atoms with Gasteiger partial charge in [-0.2, -0.15) is 0 Å². The number of hydrogen-bond donors (Lipinski definition) is 4. The first-order chi connectivity index (χ1) is 19.7. The SMILES string of the molecule is COc1cc(CN2C(=O)N([C@@H](CN[C@H](C)CC(=O)O)CC(C)C)C(=O)C2(C)C)ccc1NC(=O)Nc1ccccc1C.Cl. The van der Waals surface area contributed by atoms with Gasteiger partial charge in [0.1, 0.15) is 11.3 Å². The number of benzene rings is 2. The van der Waals surface area contributed by atoms with E-state index in [-0.39, 0.29) is 43.2 Å². The average Bonchev–Trinajstić information content (AvgIpc) is 3.07. The molecule has 2 aromatic carbocycles. The summed E-state index contributed by atoms with van der Waals surface area (Å²) < 4.78 is 5.54. The maximum atomic E-state index is 13.8. The first kappa shape index (κ1) is 35.4. The number of aliphatic carboxylic acids is 1. The van der Waals surface area contributed by atoms with Crippen molar-refractivity contribution in [3.63, 3.8) is 0 Å². The van der Waals surface area contributed by atoms with E-state index < -0.39 is 29.6 Å². The Kier molecular flexibility index (Phi) is 12.4. The van der Waals surface area contributed by atoms with Crippen molar-refractivity contribution in [2.75, 3.05) is 24.3 Å². The Morgan fingerprint density at radius 2 is 1.67 bits per heavy atom.